The number of benzene rings is 1. The van der Waals surface area contributed by atoms with E-state index in [2.05, 4.69) is 15.1 Å². The molecule has 0 saturated carbocycles. The Bertz CT molecular complexity index is 1010. The van der Waals surface area contributed by atoms with E-state index in [1.807, 2.05) is 6.92 Å². The fraction of sp³-hybridized carbons (Fsp3) is 0.294. The maximum atomic E-state index is 12.2. The highest BCUT2D eigenvalue weighted by Gasteiger charge is 2.15. The van der Waals surface area contributed by atoms with Crippen LogP contribution in [-0.4, -0.2) is 24.8 Å². The van der Waals surface area contributed by atoms with Gasteiger partial charge in [0, 0.05) is 23.2 Å². The van der Waals surface area contributed by atoms with Crippen LogP contribution in [0.1, 0.15) is 35.9 Å². The third-order valence-corrected chi connectivity index (χ3v) is 4.20. The average Bonchev–Trinajstić information content (AvgIpc) is 3.06. The fourth-order valence-electron chi connectivity index (χ4n) is 2.50. The summed E-state index contributed by atoms with van der Waals surface area (Å²) in [5.41, 5.74) is 0.219. The predicted octanol–water partition coefficient (Wildman–Crippen LogP) is 1.46. The molecule has 26 heavy (non-hydrogen) atoms. The van der Waals surface area contributed by atoms with Crippen LogP contribution in [0.4, 0.5) is 0 Å². The standard InChI is InChI=1S/C17H17ClN4O4/c1-2-10-8-19-17(25)22(16(10)24)9-15-20-14(21-26-15)7-13(23)11-3-5-12(18)6-4-11/h3-6,8,13,23H,2,7,9H2,1H3,(H,19,25)/t13-/m0/s1. The lowest BCUT2D eigenvalue weighted by molar-refractivity contribution is 0.174. The molecule has 0 aliphatic rings. The highest BCUT2D eigenvalue weighted by Crippen LogP contribution is 2.19. The second-order valence-electron chi connectivity index (χ2n) is 5.74. The van der Waals surface area contributed by atoms with Crippen molar-refractivity contribution in [3.05, 3.63) is 79.2 Å². The zero-order valence-electron chi connectivity index (χ0n) is 14.0. The summed E-state index contributed by atoms with van der Waals surface area (Å²) < 4.78 is 6.11. The van der Waals surface area contributed by atoms with E-state index in [0.717, 1.165) is 4.57 Å². The molecule has 0 spiro atoms. The summed E-state index contributed by atoms with van der Waals surface area (Å²) in [4.78, 5) is 30.8. The van der Waals surface area contributed by atoms with Gasteiger partial charge in [0.15, 0.2) is 5.82 Å². The van der Waals surface area contributed by atoms with Crippen LogP contribution in [0.15, 0.2) is 44.6 Å². The van der Waals surface area contributed by atoms with Crippen LogP contribution in [0, 0.1) is 0 Å². The molecule has 0 saturated heterocycles. The molecule has 8 nitrogen and oxygen atoms in total. The number of aliphatic hydroxyl groups is 1. The van der Waals surface area contributed by atoms with Gasteiger partial charge in [-0.25, -0.2) is 4.79 Å². The Labute approximate surface area is 153 Å². The zero-order chi connectivity index (χ0) is 18.7. The largest absolute Gasteiger partial charge is 0.388 e. The Hall–Kier alpha value is -2.71. The van der Waals surface area contributed by atoms with E-state index < -0.39 is 17.4 Å². The average molecular weight is 377 g/mol. The fourth-order valence-corrected chi connectivity index (χ4v) is 2.63. The minimum atomic E-state index is -0.827. The molecule has 2 aromatic heterocycles. The predicted molar refractivity (Wildman–Crippen MR) is 94.2 cm³/mol. The molecular formula is C17H17ClN4O4. The van der Waals surface area contributed by atoms with E-state index >= 15 is 0 Å². The van der Waals surface area contributed by atoms with Crippen molar-refractivity contribution in [1.82, 2.24) is 19.7 Å². The highest BCUT2D eigenvalue weighted by atomic mass is 35.5. The van der Waals surface area contributed by atoms with Crippen molar-refractivity contribution in [1.29, 1.82) is 0 Å². The second-order valence-corrected chi connectivity index (χ2v) is 6.18. The lowest BCUT2D eigenvalue weighted by Gasteiger charge is -2.08. The number of H-pyrrole nitrogens is 1. The molecule has 0 aliphatic carbocycles. The number of aliphatic hydroxyl groups excluding tert-OH is 1. The minimum Gasteiger partial charge on any atom is -0.388 e. The lowest BCUT2D eigenvalue weighted by atomic mass is 10.1. The van der Waals surface area contributed by atoms with Crippen molar-refractivity contribution in [3.63, 3.8) is 0 Å². The number of hydrogen-bond donors (Lipinski definition) is 2. The molecular weight excluding hydrogens is 360 g/mol. The first-order valence-electron chi connectivity index (χ1n) is 8.04. The van der Waals surface area contributed by atoms with Gasteiger partial charge in [-0.2, -0.15) is 4.98 Å². The molecule has 9 heteroatoms. The SMILES string of the molecule is CCc1c[nH]c(=O)n(Cc2nc(C[C@H](O)c3ccc(Cl)cc3)no2)c1=O. The molecule has 0 amide bonds. The molecule has 0 aliphatic heterocycles. The quantitative estimate of drug-likeness (QED) is 0.673. The second kappa shape index (κ2) is 7.67. The van der Waals surface area contributed by atoms with Gasteiger partial charge in [-0.3, -0.25) is 9.36 Å². The van der Waals surface area contributed by atoms with Crippen molar-refractivity contribution < 1.29 is 9.63 Å². The molecule has 3 aromatic rings. The Morgan fingerprint density at radius 2 is 2.04 bits per heavy atom. The summed E-state index contributed by atoms with van der Waals surface area (Å²) in [5, 5.41) is 14.6. The summed E-state index contributed by atoms with van der Waals surface area (Å²) >= 11 is 5.83. The van der Waals surface area contributed by atoms with Crippen LogP contribution in [0.2, 0.25) is 5.02 Å². The van der Waals surface area contributed by atoms with E-state index in [0.29, 0.717) is 22.6 Å². The number of hydrogen-bond acceptors (Lipinski definition) is 6. The number of aryl methyl sites for hydroxylation is 1. The van der Waals surface area contributed by atoms with Crippen molar-refractivity contribution in [2.24, 2.45) is 0 Å². The molecule has 0 radical (unpaired) electrons. The van der Waals surface area contributed by atoms with E-state index in [4.69, 9.17) is 16.1 Å². The van der Waals surface area contributed by atoms with Crippen LogP contribution in [-0.2, 0) is 19.4 Å². The van der Waals surface area contributed by atoms with Crippen LogP contribution < -0.4 is 11.2 Å². The van der Waals surface area contributed by atoms with Crippen LogP contribution in [0.25, 0.3) is 0 Å². The van der Waals surface area contributed by atoms with Gasteiger partial charge in [-0.05, 0) is 24.1 Å². The number of aromatic amines is 1. The summed E-state index contributed by atoms with van der Waals surface area (Å²) in [6, 6.07) is 6.79. The van der Waals surface area contributed by atoms with Crippen LogP contribution in [0.3, 0.4) is 0 Å². The molecule has 0 bridgehead atoms. The van der Waals surface area contributed by atoms with Crippen LogP contribution in [0.5, 0.6) is 0 Å². The normalized spacial score (nSPS) is 12.3. The van der Waals surface area contributed by atoms with Gasteiger partial charge >= 0.3 is 5.69 Å². The van der Waals surface area contributed by atoms with E-state index in [-0.39, 0.29) is 24.7 Å². The first kappa shape index (κ1) is 18.1. The third-order valence-electron chi connectivity index (χ3n) is 3.95. The van der Waals surface area contributed by atoms with Crippen molar-refractivity contribution >= 4 is 11.6 Å². The summed E-state index contributed by atoms with van der Waals surface area (Å²) in [7, 11) is 0. The highest BCUT2D eigenvalue weighted by molar-refractivity contribution is 6.30. The van der Waals surface area contributed by atoms with Gasteiger partial charge in [0.1, 0.15) is 6.54 Å². The molecule has 1 aromatic carbocycles. The van der Waals surface area contributed by atoms with E-state index in [9.17, 15) is 14.7 Å². The Balaban J connectivity index is 1.75. The first-order valence-corrected chi connectivity index (χ1v) is 8.42. The van der Waals surface area contributed by atoms with Gasteiger partial charge in [-0.15, -0.1) is 0 Å². The Morgan fingerprint density at radius 1 is 1.31 bits per heavy atom. The Morgan fingerprint density at radius 3 is 2.73 bits per heavy atom. The molecule has 2 heterocycles. The van der Waals surface area contributed by atoms with Crippen molar-refractivity contribution in [2.75, 3.05) is 0 Å². The molecule has 1 atom stereocenters. The van der Waals surface area contributed by atoms with Gasteiger partial charge in [0.25, 0.3) is 5.56 Å². The first-order chi connectivity index (χ1) is 12.5. The number of nitrogens with zero attached hydrogens (tertiary/aromatic N) is 3. The molecule has 3 rings (SSSR count). The minimum absolute atomic E-state index is 0.115. The molecule has 0 unspecified atom stereocenters. The van der Waals surface area contributed by atoms with Crippen LogP contribution >= 0.6 is 11.6 Å². The summed E-state index contributed by atoms with van der Waals surface area (Å²) in [6.07, 6.45) is 1.21. The summed E-state index contributed by atoms with van der Waals surface area (Å²) in [5.74, 6) is 0.391. The number of rotatable bonds is 6. The maximum absolute atomic E-state index is 12.2. The maximum Gasteiger partial charge on any atom is 0.328 e. The molecule has 136 valence electrons. The van der Waals surface area contributed by atoms with E-state index in [1.165, 1.54) is 6.20 Å². The lowest BCUT2D eigenvalue weighted by Crippen LogP contribution is -2.37. The molecule has 0 fully saturated rings. The number of aromatic nitrogens is 4. The Kier molecular flexibility index (Phi) is 5.34. The van der Waals surface area contributed by atoms with E-state index in [1.54, 1.807) is 24.3 Å². The summed E-state index contributed by atoms with van der Waals surface area (Å²) in [6.45, 7) is 1.69. The zero-order valence-corrected chi connectivity index (χ0v) is 14.7. The monoisotopic (exact) mass is 376 g/mol. The molecule has 2 N–H and O–H groups in total. The van der Waals surface area contributed by atoms with Gasteiger partial charge < -0.3 is 14.6 Å². The smallest absolute Gasteiger partial charge is 0.328 e. The topological polar surface area (TPSA) is 114 Å². The van der Waals surface area contributed by atoms with Crippen molar-refractivity contribution in [2.45, 2.75) is 32.4 Å². The van der Waals surface area contributed by atoms with Gasteiger partial charge in [0.2, 0.25) is 5.89 Å². The van der Waals surface area contributed by atoms with Gasteiger partial charge in [0.05, 0.1) is 6.10 Å². The number of nitrogens with one attached hydrogen (secondary N) is 1. The number of halogens is 1. The van der Waals surface area contributed by atoms with Crippen molar-refractivity contribution in [3.8, 4) is 0 Å². The third kappa shape index (κ3) is 3.92. The van der Waals surface area contributed by atoms with Gasteiger partial charge in [-0.1, -0.05) is 35.8 Å².